The van der Waals surface area contributed by atoms with Gasteiger partial charge in [0, 0.05) is 11.9 Å². The van der Waals surface area contributed by atoms with Gasteiger partial charge in [0.1, 0.15) is 5.82 Å². The van der Waals surface area contributed by atoms with E-state index < -0.39 is 0 Å². The average molecular weight is 332 g/mol. The number of hydrogen-bond donors (Lipinski definition) is 1. The van der Waals surface area contributed by atoms with E-state index in [1.54, 1.807) is 18.3 Å². The topological polar surface area (TPSA) is 51.2 Å². The Morgan fingerprint density at radius 2 is 1.80 bits per heavy atom. The Balaban J connectivity index is 1.72. The van der Waals surface area contributed by atoms with E-state index >= 15 is 0 Å². The number of carbonyl (C=O) groups excluding carboxylic acids is 1. The molecule has 1 N–H and O–H groups in total. The number of aryl methyl sites for hydroxylation is 1. The minimum atomic E-state index is -0.343. The van der Waals surface area contributed by atoms with E-state index in [4.69, 9.17) is 4.74 Å². The number of nitrogens with zero attached hydrogens (tertiary/aromatic N) is 1. The van der Waals surface area contributed by atoms with Crippen LogP contribution >= 0.6 is 0 Å². The molecular formula is C21H20N2O2. The third kappa shape index (κ3) is 4.44. The van der Waals surface area contributed by atoms with Gasteiger partial charge >= 0.3 is 5.97 Å². The second-order valence-electron chi connectivity index (χ2n) is 5.91. The lowest BCUT2D eigenvalue weighted by Crippen LogP contribution is -2.01. The summed E-state index contributed by atoms with van der Waals surface area (Å²) in [4.78, 5) is 15.8. The van der Waals surface area contributed by atoms with Gasteiger partial charge in [0.15, 0.2) is 0 Å². The first-order valence-electron chi connectivity index (χ1n) is 8.10. The Hall–Kier alpha value is -3.14. The highest BCUT2D eigenvalue weighted by Crippen LogP contribution is 2.18. The van der Waals surface area contributed by atoms with Crippen LogP contribution in [0.3, 0.4) is 0 Å². The van der Waals surface area contributed by atoms with Crippen LogP contribution in [-0.2, 0) is 11.2 Å². The fourth-order valence-corrected chi connectivity index (χ4v) is 2.67. The van der Waals surface area contributed by atoms with E-state index in [1.807, 2.05) is 24.3 Å². The molecule has 0 saturated carbocycles. The molecule has 0 fully saturated rings. The van der Waals surface area contributed by atoms with Crippen molar-refractivity contribution in [1.82, 2.24) is 4.98 Å². The SMILES string of the molecule is COC(=O)c1ccc(Nc2cc(Cc3cccc(C)c3)ccn2)cc1. The first-order valence-corrected chi connectivity index (χ1v) is 8.10. The minimum absolute atomic E-state index is 0.343. The van der Waals surface area contributed by atoms with E-state index in [2.05, 4.69) is 41.5 Å². The Kier molecular flexibility index (Phi) is 5.09. The molecule has 0 saturated heterocycles. The molecule has 4 heteroatoms. The van der Waals surface area contributed by atoms with E-state index in [1.165, 1.54) is 23.8 Å². The summed E-state index contributed by atoms with van der Waals surface area (Å²) in [5.74, 6) is 0.431. The summed E-state index contributed by atoms with van der Waals surface area (Å²) in [6.07, 6.45) is 2.66. The zero-order chi connectivity index (χ0) is 17.6. The van der Waals surface area contributed by atoms with Crippen LogP contribution in [0.4, 0.5) is 11.5 Å². The van der Waals surface area contributed by atoms with Gasteiger partial charge in [-0.2, -0.15) is 0 Å². The number of carbonyl (C=O) groups is 1. The van der Waals surface area contributed by atoms with Crippen LogP contribution in [0.15, 0.2) is 66.9 Å². The molecule has 126 valence electrons. The molecule has 1 heterocycles. The van der Waals surface area contributed by atoms with E-state index in [9.17, 15) is 4.79 Å². The van der Waals surface area contributed by atoms with Gasteiger partial charge in [0.05, 0.1) is 12.7 Å². The van der Waals surface area contributed by atoms with Crippen LogP contribution in [0.2, 0.25) is 0 Å². The molecule has 0 aliphatic rings. The maximum absolute atomic E-state index is 11.5. The van der Waals surface area contributed by atoms with Gasteiger partial charge < -0.3 is 10.1 Å². The number of methoxy groups -OCH3 is 1. The highest BCUT2D eigenvalue weighted by Gasteiger charge is 2.05. The van der Waals surface area contributed by atoms with Gasteiger partial charge in [-0.1, -0.05) is 29.8 Å². The quantitative estimate of drug-likeness (QED) is 0.698. The number of hydrogen-bond acceptors (Lipinski definition) is 4. The minimum Gasteiger partial charge on any atom is -0.465 e. The zero-order valence-corrected chi connectivity index (χ0v) is 14.3. The van der Waals surface area contributed by atoms with E-state index in [0.29, 0.717) is 5.56 Å². The second-order valence-corrected chi connectivity index (χ2v) is 5.91. The number of benzene rings is 2. The van der Waals surface area contributed by atoms with E-state index in [0.717, 1.165) is 17.9 Å². The predicted molar refractivity (Wildman–Crippen MR) is 99.3 cm³/mol. The number of anilines is 2. The van der Waals surface area contributed by atoms with Gasteiger partial charge in [0.2, 0.25) is 0 Å². The zero-order valence-electron chi connectivity index (χ0n) is 14.3. The molecule has 0 radical (unpaired) electrons. The number of esters is 1. The smallest absolute Gasteiger partial charge is 0.337 e. The molecule has 0 aliphatic carbocycles. The molecule has 3 rings (SSSR count). The monoisotopic (exact) mass is 332 g/mol. The summed E-state index contributed by atoms with van der Waals surface area (Å²) in [5.41, 5.74) is 5.12. The van der Waals surface area contributed by atoms with Crippen LogP contribution in [0.1, 0.15) is 27.0 Å². The Labute approximate surface area is 147 Å². The van der Waals surface area contributed by atoms with Crippen LogP contribution in [0, 0.1) is 6.92 Å². The Morgan fingerprint density at radius 3 is 2.52 bits per heavy atom. The molecule has 2 aromatic carbocycles. The van der Waals surface area contributed by atoms with Crippen molar-refractivity contribution < 1.29 is 9.53 Å². The summed E-state index contributed by atoms with van der Waals surface area (Å²) in [7, 11) is 1.37. The van der Waals surface area contributed by atoms with Gasteiger partial charge in [-0.25, -0.2) is 9.78 Å². The fourth-order valence-electron chi connectivity index (χ4n) is 2.67. The maximum atomic E-state index is 11.5. The van der Waals surface area contributed by atoms with Crippen LogP contribution < -0.4 is 5.32 Å². The van der Waals surface area contributed by atoms with Crippen LogP contribution in [-0.4, -0.2) is 18.1 Å². The Bertz CT molecular complexity index is 873. The Morgan fingerprint density at radius 1 is 1.04 bits per heavy atom. The lowest BCUT2D eigenvalue weighted by atomic mass is 10.0. The van der Waals surface area contributed by atoms with Crippen molar-refractivity contribution in [1.29, 1.82) is 0 Å². The highest BCUT2D eigenvalue weighted by molar-refractivity contribution is 5.89. The maximum Gasteiger partial charge on any atom is 0.337 e. The van der Waals surface area contributed by atoms with Crippen molar-refractivity contribution in [3.05, 3.63) is 89.1 Å². The van der Waals surface area contributed by atoms with Gasteiger partial charge in [-0.05, 0) is 60.9 Å². The molecule has 0 unspecified atom stereocenters. The summed E-state index contributed by atoms with van der Waals surface area (Å²) in [6.45, 7) is 2.10. The largest absolute Gasteiger partial charge is 0.465 e. The summed E-state index contributed by atoms with van der Waals surface area (Å²) in [6, 6.07) is 19.7. The normalized spacial score (nSPS) is 10.3. The predicted octanol–water partition coefficient (Wildman–Crippen LogP) is 4.51. The number of rotatable bonds is 5. The molecule has 0 bridgehead atoms. The second kappa shape index (κ2) is 7.62. The summed E-state index contributed by atoms with van der Waals surface area (Å²) < 4.78 is 4.70. The van der Waals surface area contributed by atoms with Gasteiger partial charge in [-0.15, -0.1) is 0 Å². The van der Waals surface area contributed by atoms with Gasteiger partial charge in [-0.3, -0.25) is 0 Å². The van der Waals surface area contributed by atoms with Crippen molar-refractivity contribution in [2.75, 3.05) is 12.4 Å². The third-order valence-corrected chi connectivity index (χ3v) is 3.89. The molecule has 3 aromatic rings. The summed E-state index contributed by atoms with van der Waals surface area (Å²) in [5, 5.41) is 3.26. The lowest BCUT2D eigenvalue weighted by molar-refractivity contribution is 0.0601. The number of ether oxygens (including phenoxy) is 1. The number of nitrogens with one attached hydrogen (secondary N) is 1. The molecule has 0 atom stereocenters. The molecular weight excluding hydrogens is 312 g/mol. The van der Waals surface area contributed by atoms with E-state index in [-0.39, 0.29) is 5.97 Å². The van der Waals surface area contributed by atoms with Gasteiger partial charge in [0.25, 0.3) is 0 Å². The van der Waals surface area contributed by atoms with Crippen molar-refractivity contribution in [3.8, 4) is 0 Å². The fraction of sp³-hybridized carbons (Fsp3) is 0.143. The lowest BCUT2D eigenvalue weighted by Gasteiger charge is -2.09. The molecule has 0 spiro atoms. The van der Waals surface area contributed by atoms with Crippen molar-refractivity contribution >= 4 is 17.5 Å². The average Bonchev–Trinajstić information content (AvgIpc) is 2.62. The first kappa shape index (κ1) is 16.7. The molecule has 0 amide bonds. The summed E-state index contributed by atoms with van der Waals surface area (Å²) >= 11 is 0. The highest BCUT2D eigenvalue weighted by atomic mass is 16.5. The molecule has 25 heavy (non-hydrogen) atoms. The number of aromatic nitrogens is 1. The standard InChI is InChI=1S/C21H20N2O2/c1-15-4-3-5-16(12-15)13-17-10-11-22-20(14-17)23-19-8-6-18(7-9-19)21(24)25-2/h3-12,14H,13H2,1-2H3,(H,22,23). The van der Waals surface area contributed by atoms with Crippen molar-refractivity contribution in [2.45, 2.75) is 13.3 Å². The first-order chi connectivity index (χ1) is 12.1. The molecule has 4 nitrogen and oxygen atoms in total. The van der Waals surface area contributed by atoms with Crippen molar-refractivity contribution in [3.63, 3.8) is 0 Å². The van der Waals surface area contributed by atoms with Crippen molar-refractivity contribution in [2.24, 2.45) is 0 Å². The number of pyridine rings is 1. The van der Waals surface area contributed by atoms with Crippen LogP contribution in [0.5, 0.6) is 0 Å². The third-order valence-electron chi connectivity index (χ3n) is 3.89. The molecule has 1 aromatic heterocycles. The molecule has 0 aliphatic heterocycles. The van der Waals surface area contributed by atoms with Crippen LogP contribution in [0.25, 0.3) is 0 Å².